The van der Waals surface area contributed by atoms with Crippen molar-refractivity contribution < 1.29 is 52.7 Å². The Kier molecular flexibility index (Phi) is 14.4. The SMILES string of the molecule is O=C1CCC(N2C(=O)c3cccc(C#CCOCCOCCOCCOCCOCCOCCO)c3C2=O)C(=O)N1. The van der Waals surface area contributed by atoms with Gasteiger partial charge in [-0.1, -0.05) is 17.9 Å². The van der Waals surface area contributed by atoms with E-state index in [1.54, 1.807) is 12.1 Å². The van der Waals surface area contributed by atoms with Crippen molar-refractivity contribution in [1.29, 1.82) is 0 Å². The van der Waals surface area contributed by atoms with Crippen molar-refractivity contribution >= 4 is 23.6 Å². The molecule has 2 N–H and O–H groups in total. The van der Waals surface area contributed by atoms with Crippen LogP contribution in [0.5, 0.6) is 0 Å². The molecule has 2 aliphatic heterocycles. The van der Waals surface area contributed by atoms with Crippen molar-refractivity contribution in [3.05, 3.63) is 34.9 Å². The van der Waals surface area contributed by atoms with Crippen molar-refractivity contribution in [3.8, 4) is 11.8 Å². The molecule has 13 heteroatoms. The quantitative estimate of drug-likeness (QED) is 0.125. The van der Waals surface area contributed by atoms with Gasteiger partial charge in [-0.05, 0) is 18.6 Å². The van der Waals surface area contributed by atoms with Gasteiger partial charge in [0.25, 0.3) is 11.8 Å². The molecule has 0 aliphatic carbocycles. The maximum Gasteiger partial charge on any atom is 0.263 e. The molecule has 1 aromatic carbocycles. The largest absolute Gasteiger partial charge is 0.394 e. The van der Waals surface area contributed by atoms with Crippen LogP contribution in [0.3, 0.4) is 0 Å². The first-order valence-corrected chi connectivity index (χ1v) is 13.5. The van der Waals surface area contributed by atoms with Crippen LogP contribution in [0.15, 0.2) is 18.2 Å². The minimum Gasteiger partial charge on any atom is -0.394 e. The molecule has 41 heavy (non-hydrogen) atoms. The lowest BCUT2D eigenvalue weighted by Crippen LogP contribution is -2.54. The van der Waals surface area contributed by atoms with Crippen LogP contribution >= 0.6 is 0 Å². The Labute approximate surface area is 238 Å². The minimum atomic E-state index is -1.02. The second kappa shape index (κ2) is 18.3. The van der Waals surface area contributed by atoms with Crippen LogP contribution < -0.4 is 5.32 Å². The maximum absolute atomic E-state index is 13.1. The van der Waals surface area contributed by atoms with Gasteiger partial charge in [0, 0.05) is 12.0 Å². The van der Waals surface area contributed by atoms with E-state index < -0.39 is 29.7 Å². The predicted molar refractivity (Wildman–Crippen MR) is 142 cm³/mol. The molecular weight excluding hydrogens is 540 g/mol. The number of nitrogens with zero attached hydrogens (tertiary/aromatic N) is 1. The van der Waals surface area contributed by atoms with Gasteiger partial charge in [0.2, 0.25) is 11.8 Å². The standard InChI is InChI=1S/C28H36N2O11/c31-8-10-37-12-14-39-16-18-41-20-19-40-17-15-38-13-11-36-9-2-4-21-3-1-5-22-25(21)28(35)30(27(22)34)23-6-7-24(32)29-26(23)33/h1,3,5,23,31H,6-20H2,(H,29,32,33). The van der Waals surface area contributed by atoms with E-state index in [0.29, 0.717) is 78.2 Å². The molecule has 13 nitrogen and oxygen atoms in total. The summed E-state index contributed by atoms with van der Waals surface area (Å²) in [5, 5.41) is 10.8. The molecule has 1 fully saturated rings. The summed E-state index contributed by atoms with van der Waals surface area (Å²) in [4.78, 5) is 50.5. The minimum absolute atomic E-state index is 0.00238. The number of carbonyl (C=O) groups excluding carboxylic acids is 4. The Morgan fingerprint density at radius 2 is 1.34 bits per heavy atom. The molecule has 0 radical (unpaired) electrons. The molecule has 1 unspecified atom stereocenters. The highest BCUT2D eigenvalue weighted by Gasteiger charge is 2.45. The Morgan fingerprint density at radius 3 is 1.90 bits per heavy atom. The molecular formula is C28H36N2O11. The Morgan fingerprint density at radius 1 is 0.780 bits per heavy atom. The van der Waals surface area contributed by atoms with Crippen LogP contribution in [0.1, 0.15) is 39.1 Å². The molecule has 4 amide bonds. The lowest BCUT2D eigenvalue weighted by molar-refractivity contribution is -0.136. The zero-order valence-corrected chi connectivity index (χ0v) is 22.9. The first-order valence-electron chi connectivity index (χ1n) is 13.5. The normalized spacial score (nSPS) is 16.5. The Bertz CT molecular complexity index is 1100. The van der Waals surface area contributed by atoms with Crippen molar-refractivity contribution in [2.24, 2.45) is 0 Å². The molecule has 3 rings (SSSR count). The highest BCUT2D eigenvalue weighted by atomic mass is 16.6. The summed E-state index contributed by atoms with van der Waals surface area (Å²) in [5.74, 6) is 3.45. The van der Waals surface area contributed by atoms with Gasteiger partial charge in [-0.3, -0.25) is 29.4 Å². The number of carbonyl (C=O) groups is 4. The van der Waals surface area contributed by atoms with Gasteiger partial charge < -0.3 is 33.5 Å². The highest BCUT2D eigenvalue weighted by Crippen LogP contribution is 2.29. The molecule has 1 atom stereocenters. The van der Waals surface area contributed by atoms with E-state index in [1.165, 1.54) is 6.07 Å². The fraction of sp³-hybridized carbons (Fsp3) is 0.571. The molecule has 224 valence electrons. The van der Waals surface area contributed by atoms with Crippen LogP contribution in [0.2, 0.25) is 0 Å². The summed E-state index contributed by atoms with van der Waals surface area (Å²) >= 11 is 0. The lowest BCUT2D eigenvalue weighted by atomic mass is 10.0. The molecule has 0 bridgehead atoms. The summed E-state index contributed by atoms with van der Waals surface area (Å²) < 4.78 is 32.1. The smallest absolute Gasteiger partial charge is 0.263 e. The number of fused-ring (bicyclic) bond motifs is 1. The Balaban J connectivity index is 1.24. The third kappa shape index (κ3) is 10.3. The number of benzene rings is 1. The number of hydrogen-bond acceptors (Lipinski definition) is 11. The molecule has 0 saturated carbocycles. The van der Waals surface area contributed by atoms with Gasteiger partial charge in [0.1, 0.15) is 12.6 Å². The zero-order valence-electron chi connectivity index (χ0n) is 22.9. The van der Waals surface area contributed by atoms with E-state index in [-0.39, 0.29) is 37.2 Å². The van der Waals surface area contributed by atoms with E-state index in [9.17, 15) is 19.2 Å². The van der Waals surface area contributed by atoms with E-state index >= 15 is 0 Å². The van der Waals surface area contributed by atoms with Gasteiger partial charge in [0.15, 0.2) is 0 Å². The van der Waals surface area contributed by atoms with Gasteiger partial charge in [-0.15, -0.1) is 0 Å². The van der Waals surface area contributed by atoms with Crippen molar-refractivity contribution in [3.63, 3.8) is 0 Å². The van der Waals surface area contributed by atoms with E-state index in [4.69, 9.17) is 33.5 Å². The molecule has 0 spiro atoms. The van der Waals surface area contributed by atoms with Gasteiger partial charge in [-0.25, -0.2) is 0 Å². The second-order valence-electron chi connectivity index (χ2n) is 8.82. The molecule has 1 saturated heterocycles. The fourth-order valence-corrected chi connectivity index (χ4v) is 4.04. The average molecular weight is 577 g/mol. The van der Waals surface area contributed by atoms with Gasteiger partial charge in [-0.2, -0.15) is 0 Å². The van der Waals surface area contributed by atoms with Crippen molar-refractivity contribution in [2.45, 2.75) is 18.9 Å². The summed E-state index contributed by atoms with van der Waals surface area (Å²) in [7, 11) is 0. The van der Waals surface area contributed by atoms with E-state index in [1.807, 2.05) is 0 Å². The number of piperidine rings is 1. The summed E-state index contributed by atoms with van der Waals surface area (Å²) in [6.07, 6.45) is 0.149. The first kappa shape index (κ1) is 32.3. The molecule has 2 aliphatic rings. The van der Waals surface area contributed by atoms with Crippen LogP contribution in [-0.2, 0) is 38.0 Å². The number of aliphatic hydroxyl groups excluding tert-OH is 1. The van der Waals surface area contributed by atoms with Gasteiger partial charge >= 0.3 is 0 Å². The first-order chi connectivity index (χ1) is 20.0. The van der Waals surface area contributed by atoms with Crippen LogP contribution in [0.25, 0.3) is 0 Å². The second-order valence-corrected chi connectivity index (χ2v) is 8.82. The number of rotatable bonds is 19. The van der Waals surface area contributed by atoms with Crippen molar-refractivity contribution in [2.75, 3.05) is 85.9 Å². The number of aliphatic hydroxyl groups is 1. The average Bonchev–Trinajstić information content (AvgIpc) is 3.22. The number of nitrogens with one attached hydrogen (secondary N) is 1. The lowest BCUT2D eigenvalue weighted by Gasteiger charge is -2.27. The molecule has 2 heterocycles. The van der Waals surface area contributed by atoms with Crippen molar-refractivity contribution in [1.82, 2.24) is 10.2 Å². The topological polar surface area (TPSA) is 159 Å². The summed E-state index contributed by atoms with van der Waals surface area (Å²) in [6, 6.07) is 3.75. The fourth-order valence-electron chi connectivity index (χ4n) is 4.04. The predicted octanol–water partition coefficient (Wildman–Crippen LogP) is -0.469. The van der Waals surface area contributed by atoms with Gasteiger partial charge in [0.05, 0.1) is 90.4 Å². The van der Waals surface area contributed by atoms with Crippen LogP contribution in [0.4, 0.5) is 0 Å². The maximum atomic E-state index is 13.1. The van der Waals surface area contributed by atoms with E-state index in [0.717, 1.165) is 4.90 Å². The zero-order chi connectivity index (χ0) is 29.3. The highest BCUT2D eigenvalue weighted by molar-refractivity contribution is 6.24. The third-order valence-corrected chi connectivity index (χ3v) is 5.96. The summed E-state index contributed by atoms with van der Waals surface area (Å²) in [6.45, 7) is 4.62. The molecule has 0 aromatic heterocycles. The molecule has 1 aromatic rings. The number of hydrogen-bond donors (Lipinski definition) is 2. The Hall–Kier alpha value is -3.22. The van der Waals surface area contributed by atoms with E-state index in [2.05, 4.69) is 17.2 Å². The monoisotopic (exact) mass is 576 g/mol. The van der Waals surface area contributed by atoms with Crippen LogP contribution in [-0.4, -0.2) is 126 Å². The van der Waals surface area contributed by atoms with Crippen LogP contribution in [0, 0.1) is 11.8 Å². The summed E-state index contributed by atoms with van der Waals surface area (Å²) in [5.41, 5.74) is 0.700. The number of amides is 4. The third-order valence-electron chi connectivity index (χ3n) is 5.96. The number of imide groups is 2. The number of ether oxygens (including phenoxy) is 6.